The van der Waals surface area contributed by atoms with E-state index >= 15 is 0 Å². The van der Waals surface area contributed by atoms with Gasteiger partial charge in [-0.1, -0.05) is 18.2 Å². The molecule has 0 radical (unpaired) electrons. The molecule has 5 heteroatoms. The van der Waals surface area contributed by atoms with Crippen LogP contribution in [-0.4, -0.2) is 28.0 Å². The Balaban J connectivity index is 1.66. The molecule has 5 nitrogen and oxygen atoms in total. The maximum absolute atomic E-state index is 4.66. The van der Waals surface area contributed by atoms with Gasteiger partial charge in [-0.2, -0.15) is 0 Å². The van der Waals surface area contributed by atoms with Gasteiger partial charge in [0.25, 0.3) is 0 Å². The average Bonchev–Trinajstić information content (AvgIpc) is 3.21. The molecule has 1 fully saturated rings. The zero-order valence-corrected chi connectivity index (χ0v) is 14.2. The Morgan fingerprint density at radius 1 is 1.00 bits per heavy atom. The normalized spacial score (nSPS) is 15.2. The van der Waals surface area contributed by atoms with Crippen LogP contribution in [0.3, 0.4) is 0 Å². The van der Waals surface area contributed by atoms with Gasteiger partial charge < -0.3 is 15.2 Å². The highest BCUT2D eigenvalue weighted by Crippen LogP contribution is 2.30. The number of hydrogen-bond acceptors (Lipinski definition) is 4. The highest BCUT2D eigenvalue weighted by molar-refractivity contribution is 5.60. The quantitative estimate of drug-likeness (QED) is 0.749. The molecule has 3 aromatic rings. The first-order chi connectivity index (χ1) is 12.4. The van der Waals surface area contributed by atoms with E-state index < -0.39 is 0 Å². The molecule has 3 heterocycles. The number of H-pyrrole nitrogens is 1. The number of hydrogen-bond donors (Lipinski definition) is 2. The largest absolute Gasteiger partial charge is 0.347 e. The monoisotopic (exact) mass is 333 g/mol. The molecule has 0 spiro atoms. The van der Waals surface area contributed by atoms with Gasteiger partial charge in [0.2, 0.25) is 0 Å². The summed E-state index contributed by atoms with van der Waals surface area (Å²) < 4.78 is 0. The molecule has 128 valence electrons. The minimum atomic E-state index is 0.615. The van der Waals surface area contributed by atoms with Crippen LogP contribution >= 0.6 is 0 Å². The van der Waals surface area contributed by atoms with Gasteiger partial charge in [-0.05, 0) is 61.7 Å². The third-order valence-electron chi connectivity index (χ3n) is 4.79. The van der Waals surface area contributed by atoms with Crippen LogP contribution in [0.1, 0.15) is 30.1 Å². The van der Waals surface area contributed by atoms with Crippen molar-refractivity contribution in [2.45, 2.75) is 25.3 Å². The number of anilines is 2. The smallest absolute Gasteiger partial charge is 0.133 e. The Labute approximate surface area is 148 Å². The van der Waals surface area contributed by atoms with Crippen molar-refractivity contribution in [3.05, 3.63) is 72.4 Å². The van der Waals surface area contributed by atoms with Crippen molar-refractivity contribution < 1.29 is 0 Å². The van der Waals surface area contributed by atoms with Crippen LogP contribution in [0.5, 0.6) is 0 Å². The number of imidazole rings is 1. The van der Waals surface area contributed by atoms with E-state index in [1.165, 1.54) is 18.4 Å². The van der Waals surface area contributed by atoms with Gasteiger partial charge in [0.1, 0.15) is 11.6 Å². The number of aromatic amines is 1. The SMILES string of the molecule is c1ccc(N(Cc2ncc[nH]2)c2cc(C3CCNCC3)ccn2)cc1. The third-order valence-corrected chi connectivity index (χ3v) is 4.79. The Hall–Kier alpha value is -2.66. The molecule has 1 aliphatic rings. The summed E-state index contributed by atoms with van der Waals surface area (Å²) in [6.45, 7) is 2.86. The Bertz CT molecular complexity index is 779. The fourth-order valence-corrected chi connectivity index (χ4v) is 3.44. The van der Waals surface area contributed by atoms with Gasteiger partial charge in [0.05, 0.1) is 6.54 Å². The third kappa shape index (κ3) is 3.72. The summed E-state index contributed by atoms with van der Waals surface area (Å²) in [6.07, 6.45) is 7.96. The average molecular weight is 333 g/mol. The molecular weight excluding hydrogens is 310 g/mol. The Morgan fingerprint density at radius 3 is 2.60 bits per heavy atom. The van der Waals surface area contributed by atoms with Crippen LogP contribution in [-0.2, 0) is 6.54 Å². The topological polar surface area (TPSA) is 56.8 Å². The maximum Gasteiger partial charge on any atom is 0.133 e. The molecule has 1 saturated heterocycles. The summed E-state index contributed by atoms with van der Waals surface area (Å²) in [5.41, 5.74) is 2.50. The van der Waals surface area contributed by atoms with Crippen LogP contribution in [0.15, 0.2) is 61.1 Å². The van der Waals surface area contributed by atoms with E-state index in [0.29, 0.717) is 12.5 Å². The summed E-state index contributed by atoms with van der Waals surface area (Å²) in [5, 5.41) is 3.44. The minimum Gasteiger partial charge on any atom is -0.347 e. The van der Waals surface area contributed by atoms with Crippen molar-refractivity contribution in [2.24, 2.45) is 0 Å². The molecule has 4 rings (SSSR count). The summed E-state index contributed by atoms with van der Waals surface area (Å²) >= 11 is 0. The fraction of sp³-hybridized carbons (Fsp3) is 0.300. The van der Waals surface area contributed by atoms with Crippen LogP contribution in [0.25, 0.3) is 0 Å². The fourth-order valence-electron chi connectivity index (χ4n) is 3.44. The molecule has 2 aromatic heterocycles. The van der Waals surface area contributed by atoms with Crippen molar-refractivity contribution >= 4 is 11.5 Å². The Kier molecular flexibility index (Phi) is 4.74. The highest BCUT2D eigenvalue weighted by Gasteiger charge is 2.18. The molecule has 0 amide bonds. The standard InChI is InChI=1S/C20H23N5/c1-2-4-18(5-3-1)25(15-19-22-12-13-23-19)20-14-17(8-11-24-20)16-6-9-21-10-7-16/h1-5,8,11-14,16,21H,6-7,9-10,15H2,(H,22,23). The molecule has 0 atom stereocenters. The molecule has 0 aliphatic carbocycles. The molecule has 2 N–H and O–H groups in total. The van der Waals surface area contributed by atoms with E-state index in [0.717, 1.165) is 30.4 Å². The van der Waals surface area contributed by atoms with Crippen molar-refractivity contribution in [3.8, 4) is 0 Å². The molecule has 1 aliphatic heterocycles. The second-order valence-electron chi connectivity index (χ2n) is 6.43. The second-order valence-corrected chi connectivity index (χ2v) is 6.43. The maximum atomic E-state index is 4.66. The van der Waals surface area contributed by atoms with E-state index in [2.05, 4.69) is 61.6 Å². The zero-order chi connectivity index (χ0) is 16.9. The van der Waals surface area contributed by atoms with Crippen LogP contribution in [0, 0.1) is 0 Å². The lowest BCUT2D eigenvalue weighted by molar-refractivity contribution is 0.460. The molecular formula is C20H23N5. The van der Waals surface area contributed by atoms with E-state index in [-0.39, 0.29) is 0 Å². The number of para-hydroxylation sites is 1. The lowest BCUT2D eigenvalue weighted by Crippen LogP contribution is -2.27. The molecule has 1 aromatic carbocycles. The van der Waals surface area contributed by atoms with Gasteiger partial charge in [-0.3, -0.25) is 0 Å². The van der Waals surface area contributed by atoms with Crippen LogP contribution in [0.4, 0.5) is 11.5 Å². The summed E-state index contributed by atoms with van der Waals surface area (Å²) in [4.78, 5) is 14.5. The number of aromatic nitrogens is 3. The lowest BCUT2D eigenvalue weighted by atomic mass is 9.91. The van der Waals surface area contributed by atoms with Crippen LogP contribution < -0.4 is 10.2 Å². The molecule has 25 heavy (non-hydrogen) atoms. The molecule has 0 unspecified atom stereocenters. The predicted octanol–water partition coefficient (Wildman–Crippen LogP) is 3.61. The number of nitrogens with zero attached hydrogens (tertiary/aromatic N) is 3. The first-order valence-corrected chi connectivity index (χ1v) is 8.87. The van der Waals surface area contributed by atoms with Crippen LogP contribution in [0.2, 0.25) is 0 Å². The van der Waals surface area contributed by atoms with Gasteiger partial charge in [-0.15, -0.1) is 0 Å². The summed E-state index contributed by atoms with van der Waals surface area (Å²) in [6, 6.07) is 14.8. The Morgan fingerprint density at radius 2 is 1.84 bits per heavy atom. The number of rotatable bonds is 5. The lowest BCUT2D eigenvalue weighted by Gasteiger charge is -2.26. The summed E-state index contributed by atoms with van der Waals surface area (Å²) in [7, 11) is 0. The van der Waals surface area contributed by atoms with E-state index in [9.17, 15) is 0 Å². The van der Waals surface area contributed by atoms with Crippen molar-refractivity contribution in [3.63, 3.8) is 0 Å². The van der Waals surface area contributed by atoms with Gasteiger partial charge >= 0.3 is 0 Å². The van der Waals surface area contributed by atoms with Crippen molar-refractivity contribution in [2.75, 3.05) is 18.0 Å². The van der Waals surface area contributed by atoms with E-state index in [1.54, 1.807) is 6.20 Å². The minimum absolute atomic E-state index is 0.615. The van der Waals surface area contributed by atoms with Crippen molar-refractivity contribution in [1.29, 1.82) is 0 Å². The van der Waals surface area contributed by atoms with Gasteiger partial charge in [-0.25, -0.2) is 9.97 Å². The van der Waals surface area contributed by atoms with E-state index in [1.807, 2.05) is 18.5 Å². The number of piperidine rings is 1. The number of benzene rings is 1. The van der Waals surface area contributed by atoms with Gasteiger partial charge in [0.15, 0.2) is 0 Å². The molecule has 0 saturated carbocycles. The van der Waals surface area contributed by atoms with Gasteiger partial charge in [0, 0.05) is 24.3 Å². The zero-order valence-electron chi connectivity index (χ0n) is 14.2. The van der Waals surface area contributed by atoms with Crippen molar-refractivity contribution in [1.82, 2.24) is 20.3 Å². The number of nitrogens with one attached hydrogen (secondary N) is 2. The molecule has 0 bridgehead atoms. The second kappa shape index (κ2) is 7.49. The first-order valence-electron chi connectivity index (χ1n) is 8.87. The summed E-state index contributed by atoms with van der Waals surface area (Å²) in [5.74, 6) is 2.51. The van der Waals surface area contributed by atoms with E-state index in [4.69, 9.17) is 0 Å². The highest BCUT2D eigenvalue weighted by atomic mass is 15.2. The number of pyridine rings is 1. The predicted molar refractivity (Wildman–Crippen MR) is 100.0 cm³/mol. The first kappa shape index (κ1) is 15.8.